The van der Waals surface area contributed by atoms with E-state index in [0.29, 0.717) is 0 Å². The van der Waals surface area contributed by atoms with E-state index in [4.69, 9.17) is 4.74 Å². The molecule has 0 bridgehead atoms. The second-order valence-corrected chi connectivity index (χ2v) is 5.81. The zero-order valence-electron chi connectivity index (χ0n) is 10.8. The Morgan fingerprint density at radius 3 is 2.75 bits per heavy atom. The van der Waals surface area contributed by atoms with Crippen molar-refractivity contribution in [3.05, 3.63) is 58.6 Å². The Labute approximate surface area is 125 Å². The summed E-state index contributed by atoms with van der Waals surface area (Å²) in [5.41, 5.74) is 4.68. The Morgan fingerprint density at radius 2 is 1.90 bits per heavy atom. The van der Waals surface area contributed by atoms with Crippen LogP contribution in [0.4, 0.5) is 0 Å². The van der Waals surface area contributed by atoms with E-state index in [1.165, 1.54) is 22.1 Å². The van der Waals surface area contributed by atoms with Crippen molar-refractivity contribution in [2.24, 2.45) is 0 Å². The minimum atomic E-state index is 0.722. The predicted molar refractivity (Wildman–Crippen MR) is 84.1 cm³/mol. The van der Waals surface area contributed by atoms with E-state index in [1.54, 1.807) is 0 Å². The van der Waals surface area contributed by atoms with Crippen LogP contribution in [0.3, 0.4) is 0 Å². The molecule has 0 fully saturated rings. The number of hydrogen-bond acceptors (Lipinski definition) is 2. The number of rotatable bonds is 1. The highest BCUT2D eigenvalue weighted by molar-refractivity contribution is 9.10. The van der Waals surface area contributed by atoms with Crippen LogP contribution in [-0.2, 0) is 6.42 Å². The molecule has 0 radical (unpaired) electrons. The first-order chi connectivity index (χ1) is 9.83. The van der Waals surface area contributed by atoms with E-state index in [2.05, 4.69) is 51.2 Å². The third-order valence-electron chi connectivity index (χ3n) is 3.66. The Balaban J connectivity index is 2.13. The van der Waals surface area contributed by atoms with E-state index in [0.717, 1.165) is 28.9 Å². The number of benzene rings is 2. The van der Waals surface area contributed by atoms with Crippen LogP contribution in [0.2, 0.25) is 0 Å². The lowest BCUT2D eigenvalue weighted by Gasteiger charge is -2.11. The summed E-state index contributed by atoms with van der Waals surface area (Å²) in [4.78, 5) is 4.64. The zero-order chi connectivity index (χ0) is 13.5. The minimum absolute atomic E-state index is 0.722. The Hall–Kier alpha value is -1.87. The highest BCUT2D eigenvalue weighted by atomic mass is 79.9. The average Bonchev–Trinajstić information content (AvgIpc) is 2.93. The molecule has 0 saturated carbocycles. The van der Waals surface area contributed by atoms with Crippen LogP contribution in [0.15, 0.2) is 53.0 Å². The van der Waals surface area contributed by atoms with E-state index in [1.807, 2.05) is 18.2 Å². The van der Waals surface area contributed by atoms with Crippen LogP contribution in [0, 0.1) is 0 Å². The first-order valence-electron chi connectivity index (χ1n) is 6.63. The van der Waals surface area contributed by atoms with E-state index < -0.39 is 0 Å². The molecule has 1 aliphatic rings. The molecule has 0 unspecified atom stereocenters. The number of aromatic nitrogens is 1. The maximum Gasteiger partial charge on any atom is 0.217 e. The molecule has 0 spiro atoms. The Bertz CT molecular complexity index is 799. The maximum absolute atomic E-state index is 5.68. The van der Waals surface area contributed by atoms with Gasteiger partial charge in [0.2, 0.25) is 5.88 Å². The molecule has 3 heteroatoms. The SMILES string of the molecule is Brc1ccc2nc3c(c(-c4ccccc4)c2c1)CCO3. The third-order valence-corrected chi connectivity index (χ3v) is 4.16. The summed E-state index contributed by atoms with van der Waals surface area (Å²) in [6.07, 6.45) is 0.926. The molecule has 0 saturated heterocycles. The zero-order valence-corrected chi connectivity index (χ0v) is 12.4. The fourth-order valence-electron chi connectivity index (χ4n) is 2.79. The first kappa shape index (κ1) is 11.9. The molecule has 20 heavy (non-hydrogen) atoms. The van der Waals surface area contributed by atoms with Crippen molar-refractivity contribution in [3.63, 3.8) is 0 Å². The van der Waals surface area contributed by atoms with Gasteiger partial charge >= 0.3 is 0 Å². The van der Waals surface area contributed by atoms with Gasteiger partial charge in [0.1, 0.15) is 0 Å². The van der Waals surface area contributed by atoms with Crippen LogP contribution in [0.25, 0.3) is 22.0 Å². The highest BCUT2D eigenvalue weighted by Crippen LogP contribution is 2.39. The monoisotopic (exact) mass is 325 g/mol. The van der Waals surface area contributed by atoms with Gasteiger partial charge in [-0.3, -0.25) is 0 Å². The van der Waals surface area contributed by atoms with Crippen molar-refractivity contribution in [3.8, 4) is 17.0 Å². The van der Waals surface area contributed by atoms with Gasteiger partial charge in [0, 0.05) is 21.8 Å². The lowest BCUT2D eigenvalue weighted by atomic mass is 9.95. The van der Waals surface area contributed by atoms with Gasteiger partial charge in [-0.25, -0.2) is 4.98 Å². The van der Waals surface area contributed by atoms with Crippen molar-refractivity contribution >= 4 is 26.8 Å². The second kappa shape index (κ2) is 4.60. The van der Waals surface area contributed by atoms with E-state index >= 15 is 0 Å². The summed E-state index contributed by atoms with van der Waals surface area (Å²) in [5, 5.41) is 1.18. The number of ether oxygens (including phenoxy) is 1. The topological polar surface area (TPSA) is 22.1 Å². The van der Waals surface area contributed by atoms with Gasteiger partial charge in [-0.05, 0) is 29.3 Å². The van der Waals surface area contributed by atoms with Gasteiger partial charge in [0.25, 0.3) is 0 Å². The van der Waals surface area contributed by atoms with Crippen molar-refractivity contribution in [2.75, 3.05) is 6.61 Å². The van der Waals surface area contributed by atoms with Gasteiger partial charge in [-0.1, -0.05) is 46.3 Å². The molecule has 2 heterocycles. The lowest BCUT2D eigenvalue weighted by molar-refractivity contribution is 0.346. The summed E-state index contributed by atoms with van der Waals surface area (Å²) in [6, 6.07) is 16.7. The summed E-state index contributed by atoms with van der Waals surface area (Å²) in [7, 11) is 0. The number of fused-ring (bicyclic) bond motifs is 2. The molecule has 4 rings (SSSR count). The van der Waals surface area contributed by atoms with Gasteiger partial charge in [-0.15, -0.1) is 0 Å². The van der Waals surface area contributed by atoms with Gasteiger partial charge in [0.05, 0.1) is 12.1 Å². The molecule has 0 amide bonds. The summed E-state index contributed by atoms with van der Waals surface area (Å²) < 4.78 is 6.75. The first-order valence-corrected chi connectivity index (χ1v) is 7.42. The molecule has 0 atom stereocenters. The molecular weight excluding hydrogens is 314 g/mol. The normalized spacial score (nSPS) is 13.2. The Morgan fingerprint density at radius 1 is 1.05 bits per heavy atom. The molecule has 0 N–H and O–H groups in total. The number of halogens is 1. The van der Waals surface area contributed by atoms with E-state index in [9.17, 15) is 0 Å². The van der Waals surface area contributed by atoms with Crippen molar-refractivity contribution in [2.45, 2.75) is 6.42 Å². The molecule has 1 aliphatic heterocycles. The van der Waals surface area contributed by atoms with Gasteiger partial charge < -0.3 is 4.74 Å². The average molecular weight is 326 g/mol. The molecular formula is C17H12BrNO. The smallest absolute Gasteiger partial charge is 0.217 e. The van der Waals surface area contributed by atoms with Gasteiger partial charge in [-0.2, -0.15) is 0 Å². The minimum Gasteiger partial charge on any atom is -0.477 e. The van der Waals surface area contributed by atoms with Crippen LogP contribution in [-0.4, -0.2) is 11.6 Å². The van der Waals surface area contributed by atoms with Crippen LogP contribution >= 0.6 is 15.9 Å². The maximum atomic E-state index is 5.68. The number of nitrogens with zero attached hydrogens (tertiary/aromatic N) is 1. The number of hydrogen-bond donors (Lipinski definition) is 0. The second-order valence-electron chi connectivity index (χ2n) is 4.90. The van der Waals surface area contributed by atoms with Crippen molar-refractivity contribution < 1.29 is 4.74 Å². The highest BCUT2D eigenvalue weighted by Gasteiger charge is 2.21. The van der Waals surface area contributed by atoms with Crippen molar-refractivity contribution in [1.82, 2.24) is 4.98 Å². The number of pyridine rings is 1. The Kier molecular flexibility index (Phi) is 2.74. The fraction of sp³-hybridized carbons (Fsp3) is 0.118. The van der Waals surface area contributed by atoms with Gasteiger partial charge in [0.15, 0.2) is 0 Å². The predicted octanol–water partition coefficient (Wildman–Crippen LogP) is 4.60. The summed E-state index contributed by atoms with van der Waals surface area (Å²) in [5.74, 6) is 0.790. The summed E-state index contributed by atoms with van der Waals surface area (Å²) >= 11 is 3.56. The fourth-order valence-corrected chi connectivity index (χ4v) is 3.15. The molecule has 2 nitrogen and oxygen atoms in total. The quantitative estimate of drug-likeness (QED) is 0.652. The summed E-state index contributed by atoms with van der Waals surface area (Å²) in [6.45, 7) is 0.722. The van der Waals surface area contributed by atoms with Crippen LogP contribution in [0.1, 0.15) is 5.56 Å². The molecule has 98 valence electrons. The molecule has 3 aromatic rings. The van der Waals surface area contributed by atoms with E-state index in [-0.39, 0.29) is 0 Å². The van der Waals surface area contributed by atoms with Crippen LogP contribution in [0.5, 0.6) is 5.88 Å². The van der Waals surface area contributed by atoms with Crippen molar-refractivity contribution in [1.29, 1.82) is 0 Å². The third kappa shape index (κ3) is 1.81. The molecule has 0 aliphatic carbocycles. The largest absolute Gasteiger partial charge is 0.477 e. The lowest BCUT2D eigenvalue weighted by Crippen LogP contribution is -1.92. The molecule has 2 aromatic carbocycles. The van der Waals surface area contributed by atoms with Crippen LogP contribution < -0.4 is 4.74 Å². The standard InChI is InChI=1S/C17H12BrNO/c18-12-6-7-15-14(10-12)16(11-4-2-1-3-5-11)13-8-9-20-17(13)19-15/h1-7,10H,8-9H2. The molecule has 1 aromatic heterocycles.